The van der Waals surface area contributed by atoms with E-state index in [-0.39, 0.29) is 18.4 Å². The van der Waals surface area contributed by atoms with Gasteiger partial charge >= 0.3 is 0 Å². The van der Waals surface area contributed by atoms with Crippen molar-refractivity contribution in [3.05, 3.63) is 47.5 Å². The normalized spacial score (nSPS) is 14.2. The lowest BCUT2D eigenvalue weighted by Gasteiger charge is -2.13. The lowest BCUT2D eigenvalue weighted by atomic mass is 9.97. The van der Waals surface area contributed by atoms with Crippen molar-refractivity contribution in [2.24, 2.45) is 0 Å². The predicted molar refractivity (Wildman–Crippen MR) is 83.0 cm³/mol. The predicted octanol–water partition coefficient (Wildman–Crippen LogP) is 2.42. The maximum atomic E-state index is 11.8. The molecule has 0 unspecified atom stereocenters. The molecule has 112 valence electrons. The van der Waals surface area contributed by atoms with Gasteiger partial charge in [-0.05, 0) is 44.2 Å². The number of hydrogen-bond donors (Lipinski definition) is 2. The largest absolute Gasteiger partial charge is 0.354 e. The highest BCUT2D eigenvalue weighted by Gasteiger charge is 2.08. The van der Waals surface area contributed by atoms with Crippen molar-refractivity contribution in [3.8, 4) is 0 Å². The van der Waals surface area contributed by atoms with Crippen molar-refractivity contribution < 1.29 is 9.59 Å². The van der Waals surface area contributed by atoms with Crippen LogP contribution in [0.4, 0.5) is 0 Å². The van der Waals surface area contributed by atoms with E-state index in [4.69, 9.17) is 0 Å². The Morgan fingerprint density at radius 3 is 2.57 bits per heavy atom. The maximum absolute atomic E-state index is 11.8. The minimum atomic E-state index is -0.222. The molecule has 1 aliphatic carbocycles. The van der Waals surface area contributed by atoms with E-state index >= 15 is 0 Å². The third-order valence-corrected chi connectivity index (χ3v) is 3.60. The summed E-state index contributed by atoms with van der Waals surface area (Å²) in [6.07, 6.45) is 8.05. The summed E-state index contributed by atoms with van der Waals surface area (Å²) >= 11 is 0. The van der Waals surface area contributed by atoms with Crippen molar-refractivity contribution in [2.75, 3.05) is 13.1 Å². The van der Waals surface area contributed by atoms with Crippen LogP contribution < -0.4 is 10.6 Å². The molecule has 21 heavy (non-hydrogen) atoms. The molecule has 4 nitrogen and oxygen atoms in total. The van der Waals surface area contributed by atoms with Gasteiger partial charge in [0.25, 0.3) is 5.91 Å². The number of hydrogen-bond acceptors (Lipinski definition) is 2. The Morgan fingerprint density at radius 2 is 1.86 bits per heavy atom. The Kier molecular flexibility index (Phi) is 6.00. The lowest BCUT2D eigenvalue weighted by molar-refractivity contribution is -0.120. The zero-order valence-corrected chi connectivity index (χ0v) is 12.2. The van der Waals surface area contributed by atoms with Gasteiger partial charge in [0.2, 0.25) is 5.91 Å². The number of nitrogens with one attached hydrogen (secondary N) is 2. The first-order valence-electron chi connectivity index (χ1n) is 7.53. The first-order chi connectivity index (χ1) is 10.3. The van der Waals surface area contributed by atoms with Gasteiger partial charge in [-0.25, -0.2) is 0 Å². The van der Waals surface area contributed by atoms with Crippen LogP contribution in [0.5, 0.6) is 0 Å². The highest BCUT2D eigenvalue weighted by molar-refractivity contribution is 5.96. The van der Waals surface area contributed by atoms with E-state index in [1.165, 1.54) is 18.4 Å². The molecule has 2 rings (SSSR count). The molecule has 4 heteroatoms. The minimum Gasteiger partial charge on any atom is -0.354 e. The number of allylic oxidation sites excluding steroid dienone is 1. The Balaban J connectivity index is 1.63. The molecule has 0 spiro atoms. The van der Waals surface area contributed by atoms with Gasteiger partial charge in [-0.1, -0.05) is 29.8 Å². The fourth-order valence-corrected chi connectivity index (χ4v) is 2.41. The third kappa shape index (κ3) is 5.42. The van der Waals surface area contributed by atoms with E-state index in [0.717, 1.165) is 19.3 Å². The summed E-state index contributed by atoms with van der Waals surface area (Å²) in [5.74, 6) is -0.364. The molecule has 0 radical (unpaired) electrons. The molecule has 0 saturated heterocycles. The molecule has 1 aliphatic rings. The van der Waals surface area contributed by atoms with Crippen molar-refractivity contribution in [1.29, 1.82) is 0 Å². The zero-order chi connectivity index (χ0) is 14.9. The van der Waals surface area contributed by atoms with Crippen LogP contribution in [-0.4, -0.2) is 24.9 Å². The second kappa shape index (κ2) is 8.25. The summed E-state index contributed by atoms with van der Waals surface area (Å²) < 4.78 is 0. The standard InChI is InChI=1S/C17H22N2O2/c20-16(18-12-11-14-7-3-1-4-8-14)13-19-17(21)15-9-5-2-6-10-15/h2,5-7,9-10H,1,3-4,8,11-13H2,(H,18,20)(H,19,21). The summed E-state index contributed by atoms with van der Waals surface area (Å²) in [6.45, 7) is 0.665. The molecule has 0 bridgehead atoms. The van der Waals surface area contributed by atoms with Gasteiger partial charge in [0, 0.05) is 12.1 Å². The lowest BCUT2D eigenvalue weighted by Crippen LogP contribution is -2.37. The third-order valence-electron chi connectivity index (χ3n) is 3.60. The van der Waals surface area contributed by atoms with E-state index in [2.05, 4.69) is 16.7 Å². The van der Waals surface area contributed by atoms with Gasteiger partial charge in [0.1, 0.15) is 0 Å². The molecule has 1 aromatic carbocycles. The molecule has 0 fully saturated rings. The van der Waals surface area contributed by atoms with Gasteiger partial charge in [-0.15, -0.1) is 0 Å². The van der Waals surface area contributed by atoms with Crippen LogP contribution in [-0.2, 0) is 4.79 Å². The highest BCUT2D eigenvalue weighted by atomic mass is 16.2. The first kappa shape index (κ1) is 15.3. The summed E-state index contributed by atoms with van der Waals surface area (Å²) in [4.78, 5) is 23.4. The summed E-state index contributed by atoms with van der Waals surface area (Å²) in [5.41, 5.74) is 2.01. The topological polar surface area (TPSA) is 58.2 Å². The van der Waals surface area contributed by atoms with Gasteiger partial charge < -0.3 is 10.6 Å². The van der Waals surface area contributed by atoms with Crippen molar-refractivity contribution in [2.45, 2.75) is 32.1 Å². The van der Waals surface area contributed by atoms with Crippen LogP contribution in [0.15, 0.2) is 42.0 Å². The Bertz CT molecular complexity index is 509. The maximum Gasteiger partial charge on any atom is 0.251 e. The Labute approximate surface area is 125 Å². The number of carbonyl (C=O) groups is 2. The molecule has 0 atom stereocenters. The summed E-state index contributed by atoms with van der Waals surface area (Å²) in [5, 5.41) is 5.46. The Hall–Kier alpha value is -2.10. The molecule has 0 heterocycles. The van der Waals surface area contributed by atoms with E-state index in [9.17, 15) is 9.59 Å². The summed E-state index contributed by atoms with van der Waals surface area (Å²) in [6, 6.07) is 8.90. The molecular weight excluding hydrogens is 264 g/mol. The molecule has 0 aromatic heterocycles. The average molecular weight is 286 g/mol. The van der Waals surface area contributed by atoms with E-state index < -0.39 is 0 Å². The van der Waals surface area contributed by atoms with Crippen molar-refractivity contribution >= 4 is 11.8 Å². The van der Waals surface area contributed by atoms with Crippen LogP contribution in [0.25, 0.3) is 0 Å². The SMILES string of the molecule is O=C(CNC(=O)c1ccccc1)NCCC1=CCCCC1. The summed E-state index contributed by atoms with van der Waals surface area (Å²) in [7, 11) is 0. The Morgan fingerprint density at radius 1 is 1.05 bits per heavy atom. The van der Waals surface area contributed by atoms with E-state index in [1.807, 2.05) is 6.07 Å². The molecule has 0 saturated carbocycles. The number of rotatable bonds is 6. The minimum absolute atomic E-state index is 0.0206. The molecule has 0 aliphatic heterocycles. The van der Waals surface area contributed by atoms with Gasteiger partial charge in [0.15, 0.2) is 0 Å². The zero-order valence-electron chi connectivity index (χ0n) is 12.2. The molecule has 2 amide bonds. The van der Waals surface area contributed by atoms with Gasteiger partial charge in [-0.3, -0.25) is 9.59 Å². The van der Waals surface area contributed by atoms with Gasteiger partial charge in [-0.2, -0.15) is 0 Å². The van der Waals surface area contributed by atoms with Crippen LogP contribution in [0.1, 0.15) is 42.5 Å². The van der Waals surface area contributed by atoms with Crippen LogP contribution >= 0.6 is 0 Å². The van der Waals surface area contributed by atoms with Crippen LogP contribution in [0.3, 0.4) is 0 Å². The number of carbonyl (C=O) groups excluding carboxylic acids is 2. The fraction of sp³-hybridized carbons (Fsp3) is 0.412. The van der Waals surface area contributed by atoms with Gasteiger partial charge in [0.05, 0.1) is 6.54 Å². The quantitative estimate of drug-likeness (QED) is 0.789. The van der Waals surface area contributed by atoms with Crippen molar-refractivity contribution in [3.63, 3.8) is 0 Å². The number of benzene rings is 1. The second-order valence-corrected chi connectivity index (χ2v) is 5.26. The van der Waals surface area contributed by atoms with E-state index in [1.54, 1.807) is 24.3 Å². The average Bonchev–Trinajstić information content (AvgIpc) is 2.54. The molecule has 1 aromatic rings. The second-order valence-electron chi connectivity index (χ2n) is 5.26. The highest BCUT2D eigenvalue weighted by Crippen LogP contribution is 2.19. The smallest absolute Gasteiger partial charge is 0.251 e. The van der Waals surface area contributed by atoms with Crippen LogP contribution in [0, 0.1) is 0 Å². The molecule has 2 N–H and O–H groups in total. The monoisotopic (exact) mass is 286 g/mol. The number of amides is 2. The molecular formula is C17H22N2O2. The first-order valence-corrected chi connectivity index (χ1v) is 7.53. The van der Waals surface area contributed by atoms with E-state index in [0.29, 0.717) is 12.1 Å². The van der Waals surface area contributed by atoms with Crippen LogP contribution in [0.2, 0.25) is 0 Å². The fourth-order valence-electron chi connectivity index (χ4n) is 2.41. The van der Waals surface area contributed by atoms with Crippen molar-refractivity contribution in [1.82, 2.24) is 10.6 Å².